The minimum atomic E-state index is -0.462. The van der Waals surface area contributed by atoms with Crippen LogP contribution < -0.4 is 5.32 Å². The summed E-state index contributed by atoms with van der Waals surface area (Å²) in [6.45, 7) is 13.2. The van der Waals surface area contributed by atoms with Gasteiger partial charge in [-0.3, -0.25) is 9.59 Å². The van der Waals surface area contributed by atoms with E-state index in [0.29, 0.717) is 12.2 Å². The summed E-state index contributed by atoms with van der Waals surface area (Å²) in [6.07, 6.45) is 2.05. The molecule has 0 unspecified atom stereocenters. The molecule has 0 atom stereocenters. The third-order valence-corrected chi connectivity index (χ3v) is 3.33. The molecule has 4 nitrogen and oxygen atoms in total. The Morgan fingerprint density at radius 1 is 1.10 bits per heavy atom. The summed E-state index contributed by atoms with van der Waals surface area (Å²) in [6, 6.07) is 1.81. The number of ketones is 1. The highest BCUT2D eigenvalue weighted by molar-refractivity contribution is 5.93. The summed E-state index contributed by atoms with van der Waals surface area (Å²) in [5.41, 5.74) is 1.05. The maximum Gasteiger partial charge on any atom is 0.230 e. The molecule has 0 aliphatic rings. The summed E-state index contributed by atoms with van der Waals surface area (Å²) in [5, 5.41) is 2.80. The number of aryl methyl sites for hydroxylation is 1. The van der Waals surface area contributed by atoms with Crippen molar-refractivity contribution in [2.75, 3.05) is 5.32 Å². The Hall–Kier alpha value is -1.71. The number of amides is 1. The molecule has 1 rings (SSSR count). The molecule has 0 spiro atoms. The van der Waals surface area contributed by atoms with Crippen LogP contribution in [0.4, 0.5) is 5.82 Å². The van der Waals surface area contributed by atoms with Crippen molar-refractivity contribution in [1.29, 1.82) is 0 Å². The average Bonchev–Trinajstić information content (AvgIpc) is 2.30. The zero-order valence-corrected chi connectivity index (χ0v) is 14.1. The van der Waals surface area contributed by atoms with Gasteiger partial charge in [-0.2, -0.15) is 0 Å². The lowest BCUT2D eigenvalue weighted by Crippen LogP contribution is -2.28. The van der Waals surface area contributed by atoms with Crippen LogP contribution in [0.1, 0.15) is 52.7 Å². The number of aromatic nitrogens is 1. The predicted molar refractivity (Wildman–Crippen MR) is 85.2 cm³/mol. The molecule has 1 aromatic heterocycles. The maximum atomic E-state index is 12.1. The van der Waals surface area contributed by atoms with Gasteiger partial charge in [-0.15, -0.1) is 0 Å². The van der Waals surface area contributed by atoms with Crippen molar-refractivity contribution in [1.82, 2.24) is 4.98 Å². The lowest BCUT2D eigenvalue weighted by atomic mass is 9.86. The Kier molecular flexibility index (Phi) is 4.92. The average molecular weight is 290 g/mol. The Balaban J connectivity index is 2.87. The standard InChI is InChI=1S/C17H26N2O2/c1-11-8-14(19-15(21)17(5,6)7)18-10-12(11)9-13(20)16(2,3)4/h8,10H,9H2,1-7H3,(H,18,19,21). The van der Waals surface area contributed by atoms with Crippen molar-refractivity contribution in [2.24, 2.45) is 10.8 Å². The van der Waals surface area contributed by atoms with E-state index in [1.54, 1.807) is 6.20 Å². The van der Waals surface area contributed by atoms with Crippen LogP contribution in [-0.4, -0.2) is 16.7 Å². The van der Waals surface area contributed by atoms with E-state index in [-0.39, 0.29) is 17.1 Å². The van der Waals surface area contributed by atoms with Gasteiger partial charge in [0.2, 0.25) is 5.91 Å². The topological polar surface area (TPSA) is 59.1 Å². The van der Waals surface area contributed by atoms with E-state index < -0.39 is 5.41 Å². The minimum Gasteiger partial charge on any atom is -0.310 e. The van der Waals surface area contributed by atoms with Crippen LogP contribution in [0, 0.1) is 17.8 Å². The van der Waals surface area contributed by atoms with E-state index in [2.05, 4.69) is 10.3 Å². The Labute approximate surface area is 127 Å². The number of nitrogens with one attached hydrogen (secondary N) is 1. The van der Waals surface area contributed by atoms with Crippen LogP contribution in [-0.2, 0) is 16.0 Å². The zero-order chi connectivity index (χ0) is 16.4. The molecule has 116 valence electrons. The van der Waals surface area contributed by atoms with Gasteiger partial charge >= 0.3 is 0 Å². The smallest absolute Gasteiger partial charge is 0.230 e. The molecule has 0 fully saturated rings. The summed E-state index contributed by atoms with van der Waals surface area (Å²) in [5.74, 6) is 0.631. The van der Waals surface area contributed by atoms with E-state index in [1.165, 1.54) is 0 Å². The number of pyridine rings is 1. The van der Waals surface area contributed by atoms with Gasteiger partial charge in [0.15, 0.2) is 0 Å². The van der Waals surface area contributed by atoms with Gasteiger partial charge in [0.1, 0.15) is 11.6 Å². The molecular formula is C17H26N2O2. The first-order valence-corrected chi connectivity index (χ1v) is 7.21. The second kappa shape index (κ2) is 5.96. The summed E-state index contributed by atoms with van der Waals surface area (Å²) >= 11 is 0. The summed E-state index contributed by atoms with van der Waals surface area (Å²) in [7, 11) is 0. The maximum absolute atomic E-state index is 12.1. The molecule has 1 heterocycles. The van der Waals surface area contributed by atoms with Gasteiger partial charge in [-0.25, -0.2) is 4.98 Å². The molecule has 0 aliphatic carbocycles. The van der Waals surface area contributed by atoms with Crippen LogP contribution in [0.15, 0.2) is 12.3 Å². The van der Waals surface area contributed by atoms with Crippen LogP contribution in [0.25, 0.3) is 0 Å². The number of rotatable bonds is 3. The molecule has 1 aromatic rings. The molecule has 1 amide bonds. The van der Waals surface area contributed by atoms with Gasteiger partial charge < -0.3 is 5.32 Å². The van der Waals surface area contributed by atoms with Crippen molar-refractivity contribution in [2.45, 2.75) is 54.9 Å². The molecule has 1 N–H and O–H groups in total. The molecule has 0 radical (unpaired) electrons. The Bertz CT molecular complexity index is 549. The fourth-order valence-electron chi connectivity index (χ4n) is 1.58. The first-order valence-electron chi connectivity index (χ1n) is 7.21. The molecular weight excluding hydrogens is 264 g/mol. The van der Waals surface area contributed by atoms with Gasteiger partial charge in [0.25, 0.3) is 0 Å². The first kappa shape index (κ1) is 17.3. The van der Waals surface area contributed by atoms with Crippen LogP contribution in [0.5, 0.6) is 0 Å². The summed E-state index contributed by atoms with van der Waals surface area (Å²) < 4.78 is 0. The predicted octanol–water partition coefficient (Wildman–Crippen LogP) is 3.53. The number of hydrogen-bond donors (Lipinski definition) is 1. The van der Waals surface area contributed by atoms with Gasteiger partial charge in [0, 0.05) is 23.4 Å². The summed E-state index contributed by atoms with van der Waals surface area (Å²) in [4.78, 5) is 28.3. The second-order valence-corrected chi connectivity index (χ2v) is 7.55. The van der Waals surface area contributed by atoms with Crippen molar-refractivity contribution in [3.63, 3.8) is 0 Å². The normalized spacial score (nSPS) is 12.1. The van der Waals surface area contributed by atoms with E-state index in [0.717, 1.165) is 11.1 Å². The SMILES string of the molecule is Cc1cc(NC(=O)C(C)(C)C)ncc1CC(=O)C(C)(C)C. The number of Topliss-reactive ketones (excluding diaryl/α,β-unsaturated/α-hetero) is 1. The van der Waals surface area contributed by atoms with Crippen molar-refractivity contribution in [3.05, 3.63) is 23.4 Å². The zero-order valence-electron chi connectivity index (χ0n) is 14.1. The van der Waals surface area contributed by atoms with Gasteiger partial charge in [-0.1, -0.05) is 41.5 Å². The second-order valence-electron chi connectivity index (χ2n) is 7.55. The van der Waals surface area contributed by atoms with E-state index in [4.69, 9.17) is 0 Å². The molecule has 0 saturated heterocycles. The number of anilines is 1. The Morgan fingerprint density at radius 2 is 1.67 bits per heavy atom. The highest BCUT2D eigenvalue weighted by Crippen LogP contribution is 2.21. The largest absolute Gasteiger partial charge is 0.310 e. The molecule has 0 aromatic carbocycles. The number of nitrogens with zero attached hydrogens (tertiary/aromatic N) is 1. The molecule has 0 bridgehead atoms. The van der Waals surface area contributed by atoms with E-state index in [1.807, 2.05) is 54.5 Å². The quantitative estimate of drug-likeness (QED) is 0.926. The molecule has 21 heavy (non-hydrogen) atoms. The number of hydrogen-bond acceptors (Lipinski definition) is 3. The third kappa shape index (κ3) is 4.96. The van der Waals surface area contributed by atoms with E-state index >= 15 is 0 Å². The molecule has 0 aliphatic heterocycles. The van der Waals surface area contributed by atoms with E-state index in [9.17, 15) is 9.59 Å². The molecule has 0 saturated carbocycles. The van der Waals surface area contributed by atoms with Crippen molar-refractivity contribution < 1.29 is 9.59 Å². The van der Waals surface area contributed by atoms with Crippen molar-refractivity contribution >= 4 is 17.5 Å². The lowest BCUT2D eigenvalue weighted by Gasteiger charge is -2.19. The van der Waals surface area contributed by atoms with Gasteiger partial charge in [0.05, 0.1) is 0 Å². The molecule has 4 heteroatoms. The fourth-order valence-corrected chi connectivity index (χ4v) is 1.58. The van der Waals surface area contributed by atoms with Crippen molar-refractivity contribution in [3.8, 4) is 0 Å². The fraction of sp³-hybridized carbons (Fsp3) is 0.588. The number of carbonyl (C=O) groups excluding carboxylic acids is 2. The van der Waals surface area contributed by atoms with Crippen LogP contribution >= 0.6 is 0 Å². The highest BCUT2D eigenvalue weighted by atomic mass is 16.2. The minimum absolute atomic E-state index is 0.0760. The highest BCUT2D eigenvalue weighted by Gasteiger charge is 2.23. The monoisotopic (exact) mass is 290 g/mol. The first-order chi connectivity index (χ1) is 9.41. The number of carbonyl (C=O) groups is 2. The Morgan fingerprint density at radius 3 is 2.10 bits per heavy atom. The lowest BCUT2D eigenvalue weighted by molar-refractivity contribution is -0.125. The third-order valence-electron chi connectivity index (χ3n) is 3.33. The van der Waals surface area contributed by atoms with Gasteiger partial charge in [-0.05, 0) is 24.1 Å². The van der Waals surface area contributed by atoms with Crippen LogP contribution in [0.3, 0.4) is 0 Å². The van der Waals surface area contributed by atoms with Crippen LogP contribution in [0.2, 0.25) is 0 Å².